The molecule has 5 nitrogen and oxygen atoms in total. The monoisotopic (exact) mass is 284 g/mol. The summed E-state index contributed by atoms with van der Waals surface area (Å²) in [6.07, 6.45) is 3.81. The van der Waals surface area contributed by atoms with Crippen LogP contribution in [0.25, 0.3) is 0 Å². The van der Waals surface area contributed by atoms with Crippen molar-refractivity contribution in [2.75, 3.05) is 18.9 Å². The number of aliphatic hydroxyl groups excluding tert-OH is 1. The summed E-state index contributed by atoms with van der Waals surface area (Å²) in [7, 11) is -3.56. The highest BCUT2D eigenvalue weighted by molar-refractivity contribution is 7.89. The summed E-state index contributed by atoms with van der Waals surface area (Å²) in [5.41, 5.74) is 5.71. The van der Waals surface area contributed by atoms with Crippen molar-refractivity contribution in [2.24, 2.45) is 5.41 Å². The molecule has 0 heterocycles. The minimum Gasteiger partial charge on any atom is -0.399 e. The molecule has 1 aromatic carbocycles. The van der Waals surface area contributed by atoms with Crippen LogP contribution in [0.5, 0.6) is 0 Å². The summed E-state index contributed by atoms with van der Waals surface area (Å²) in [6.45, 7) is 0.299. The van der Waals surface area contributed by atoms with E-state index < -0.39 is 10.0 Å². The lowest BCUT2D eigenvalue weighted by molar-refractivity contribution is 0.134. The molecule has 2 rings (SSSR count). The Balaban J connectivity index is 2.09. The van der Waals surface area contributed by atoms with Crippen LogP contribution >= 0.6 is 0 Å². The normalized spacial score (nSPS) is 18.6. The summed E-state index contributed by atoms with van der Waals surface area (Å²) in [6, 6.07) is 6.20. The second-order valence-corrected chi connectivity index (χ2v) is 7.03. The van der Waals surface area contributed by atoms with Gasteiger partial charge in [0.25, 0.3) is 0 Å². The molecule has 0 aromatic heterocycles. The Labute approximate surface area is 113 Å². The first-order chi connectivity index (χ1) is 8.97. The maximum atomic E-state index is 12.2. The van der Waals surface area contributed by atoms with Crippen molar-refractivity contribution in [1.29, 1.82) is 0 Å². The van der Waals surface area contributed by atoms with Gasteiger partial charge in [-0.2, -0.15) is 0 Å². The maximum Gasteiger partial charge on any atom is 0.240 e. The molecule has 1 fully saturated rings. The first-order valence-electron chi connectivity index (χ1n) is 6.44. The molecule has 1 aliphatic carbocycles. The van der Waals surface area contributed by atoms with E-state index in [4.69, 9.17) is 5.73 Å². The van der Waals surface area contributed by atoms with E-state index in [9.17, 15) is 13.5 Å². The van der Waals surface area contributed by atoms with Gasteiger partial charge in [0.1, 0.15) is 0 Å². The van der Waals surface area contributed by atoms with Crippen molar-refractivity contribution in [3.05, 3.63) is 24.3 Å². The second kappa shape index (κ2) is 5.48. The molecule has 106 valence electrons. The molecule has 4 N–H and O–H groups in total. The molecule has 1 aliphatic rings. The van der Waals surface area contributed by atoms with Crippen LogP contribution in [-0.4, -0.2) is 26.7 Å². The molecular formula is C13H20N2O3S. The largest absolute Gasteiger partial charge is 0.399 e. The molecule has 0 atom stereocenters. The second-order valence-electron chi connectivity index (χ2n) is 5.26. The number of sulfonamides is 1. The summed E-state index contributed by atoms with van der Waals surface area (Å²) < 4.78 is 26.9. The van der Waals surface area contributed by atoms with Gasteiger partial charge < -0.3 is 10.8 Å². The number of hydrogen-bond acceptors (Lipinski definition) is 4. The molecule has 0 spiro atoms. The van der Waals surface area contributed by atoms with Gasteiger partial charge in [0.05, 0.1) is 4.90 Å². The molecule has 0 amide bonds. The van der Waals surface area contributed by atoms with E-state index in [1.807, 2.05) is 0 Å². The number of nitrogens with one attached hydrogen (secondary N) is 1. The van der Waals surface area contributed by atoms with Crippen LogP contribution in [0, 0.1) is 5.41 Å². The third-order valence-corrected chi connectivity index (χ3v) is 5.20. The number of hydrogen-bond donors (Lipinski definition) is 3. The third-order valence-electron chi connectivity index (χ3n) is 3.81. The summed E-state index contributed by atoms with van der Waals surface area (Å²) in [5.74, 6) is 0. The number of anilines is 1. The van der Waals surface area contributed by atoms with Crippen molar-refractivity contribution in [3.8, 4) is 0 Å². The van der Waals surface area contributed by atoms with E-state index in [-0.39, 0.29) is 23.5 Å². The third kappa shape index (κ3) is 3.26. The van der Waals surface area contributed by atoms with Gasteiger partial charge in [-0.3, -0.25) is 0 Å². The maximum absolute atomic E-state index is 12.2. The van der Waals surface area contributed by atoms with E-state index in [0.29, 0.717) is 5.69 Å². The highest BCUT2D eigenvalue weighted by atomic mass is 32.2. The highest BCUT2D eigenvalue weighted by Gasteiger charge is 2.34. The number of benzene rings is 1. The number of nitrogens with two attached hydrogens (primary N) is 1. The Morgan fingerprint density at radius 1 is 1.32 bits per heavy atom. The van der Waals surface area contributed by atoms with Gasteiger partial charge in [0.2, 0.25) is 10.0 Å². The van der Waals surface area contributed by atoms with Crippen molar-refractivity contribution >= 4 is 15.7 Å². The average molecular weight is 284 g/mol. The van der Waals surface area contributed by atoms with E-state index in [1.165, 1.54) is 12.1 Å². The van der Waals surface area contributed by atoms with Crippen LogP contribution in [0.15, 0.2) is 29.2 Å². The first kappa shape index (κ1) is 14.3. The fraction of sp³-hybridized carbons (Fsp3) is 0.538. The Bertz CT molecular complexity index is 537. The van der Waals surface area contributed by atoms with E-state index in [0.717, 1.165) is 25.7 Å². The van der Waals surface area contributed by atoms with Crippen LogP contribution in [0.3, 0.4) is 0 Å². The molecule has 1 saturated carbocycles. The summed E-state index contributed by atoms with van der Waals surface area (Å²) in [5, 5.41) is 9.47. The van der Waals surface area contributed by atoms with Gasteiger partial charge in [-0.05, 0) is 31.0 Å². The van der Waals surface area contributed by atoms with Crippen molar-refractivity contribution < 1.29 is 13.5 Å². The molecule has 0 saturated heterocycles. The van der Waals surface area contributed by atoms with E-state index in [2.05, 4.69) is 4.72 Å². The van der Waals surface area contributed by atoms with Crippen LogP contribution in [0.2, 0.25) is 0 Å². The lowest BCUT2D eigenvalue weighted by Gasteiger charge is -2.26. The van der Waals surface area contributed by atoms with E-state index >= 15 is 0 Å². The zero-order valence-electron chi connectivity index (χ0n) is 10.8. The molecule has 19 heavy (non-hydrogen) atoms. The standard InChI is InChI=1S/C13H20N2O3S/c14-11-4-3-5-12(8-11)19(17,18)15-9-13(10-16)6-1-2-7-13/h3-5,8,15-16H,1-2,6-7,9-10,14H2. The average Bonchev–Trinajstić information content (AvgIpc) is 2.86. The molecule has 0 radical (unpaired) electrons. The van der Waals surface area contributed by atoms with Crippen LogP contribution in [0.1, 0.15) is 25.7 Å². The molecule has 0 unspecified atom stereocenters. The van der Waals surface area contributed by atoms with Gasteiger partial charge in [0, 0.05) is 24.3 Å². The minimum absolute atomic E-state index is 0.0203. The lowest BCUT2D eigenvalue weighted by Crippen LogP contribution is -2.38. The van der Waals surface area contributed by atoms with Gasteiger partial charge in [-0.1, -0.05) is 18.9 Å². The van der Waals surface area contributed by atoms with Gasteiger partial charge in [0.15, 0.2) is 0 Å². The quantitative estimate of drug-likeness (QED) is 0.706. The predicted octanol–water partition coefficient (Wildman–Crippen LogP) is 1.10. The van der Waals surface area contributed by atoms with Crippen molar-refractivity contribution in [3.63, 3.8) is 0 Å². The Morgan fingerprint density at radius 3 is 2.58 bits per heavy atom. The summed E-state index contributed by atoms with van der Waals surface area (Å²) in [4.78, 5) is 0.165. The van der Waals surface area contributed by atoms with Crippen molar-refractivity contribution in [2.45, 2.75) is 30.6 Å². The van der Waals surface area contributed by atoms with E-state index in [1.54, 1.807) is 12.1 Å². The molecule has 0 aliphatic heterocycles. The Morgan fingerprint density at radius 2 is 2.00 bits per heavy atom. The summed E-state index contributed by atoms with van der Waals surface area (Å²) >= 11 is 0. The number of aliphatic hydroxyl groups is 1. The van der Waals surface area contributed by atoms with Gasteiger partial charge in [-0.15, -0.1) is 0 Å². The predicted molar refractivity (Wildman–Crippen MR) is 74.0 cm³/mol. The zero-order chi connectivity index (χ0) is 13.9. The van der Waals surface area contributed by atoms with Crippen LogP contribution in [-0.2, 0) is 10.0 Å². The van der Waals surface area contributed by atoms with Crippen LogP contribution in [0.4, 0.5) is 5.69 Å². The minimum atomic E-state index is -3.56. The van der Waals surface area contributed by atoms with Gasteiger partial charge in [-0.25, -0.2) is 13.1 Å². The lowest BCUT2D eigenvalue weighted by atomic mass is 9.88. The fourth-order valence-electron chi connectivity index (χ4n) is 2.53. The Hall–Kier alpha value is -1.11. The smallest absolute Gasteiger partial charge is 0.240 e. The Kier molecular flexibility index (Phi) is 4.13. The first-order valence-corrected chi connectivity index (χ1v) is 7.92. The highest BCUT2D eigenvalue weighted by Crippen LogP contribution is 2.37. The fourth-order valence-corrected chi connectivity index (χ4v) is 3.74. The zero-order valence-corrected chi connectivity index (χ0v) is 11.6. The van der Waals surface area contributed by atoms with Crippen molar-refractivity contribution in [1.82, 2.24) is 4.72 Å². The molecular weight excluding hydrogens is 264 g/mol. The van der Waals surface area contributed by atoms with Crippen LogP contribution < -0.4 is 10.5 Å². The molecule has 6 heteroatoms. The van der Waals surface area contributed by atoms with Gasteiger partial charge >= 0.3 is 0 Å². The topological polar surface area (TPSA) is 92.4 Å². The SMILES string of the molecule is Nc1cccc(S(=O)(=O)NCC2(CO)CCCC2)c1. The number of rotatable bonds is 5. The number of nitrogen functional groups attached to an aromatic ring is 1. The molecule has 1 aromatic rings. The molecule has 0 bridgehead atoms.